The molecule has 4 atom stereocenters. The Kier molecular flexibility index (Phi) is 3.75. The summed E-state index contributed by atoms with van der Waals surface area (Å²) in [5.74, 6) is 0.0814. The lowest BCUT2D eigenvalue weighted by molar-refractivity contribution is -0.141. The molecule has 2 rings (SSSR count). The number of likely N-dealkylation sites (tertiary alicyclic amines) is 1. The van der Waals surface area contributed by atoms with E-state index in [9.17, 15) is 14.7 Å². The van der Waals surface area contributed by atoms with Crippen LogP contribution in [0.1, 0.15) is 27.2 Å². The lowest BCUT2D eigenvalue weighted by Crippen LogP contribution is -2.52. The molecule has 2 amide bonds. The van der Waals surface area contributed by atoms with E-state index in [2.05, 4.69) is 6.92 Å². The third-order valence-electron chi connectivity index (χ3n) is 3.76. The highest BCUT2D eigenvalue weighted by molar-refractivity contribution is 8.00. The van der Waals surface area contributed by atoms with E-state index >= 15 is 0 Å². The first-order chi connectivity index (χ1) is 8.41. The molecule has 0 radical (unpaired) electrons. The summed E-state index contributed by atoms with van der Waals surface area (Å²) < 4.78 is 0. The van der Waals surface area contributed by atoms with E-state index in [1.807, 2.05) is 18.7 Å². The van der Waals surface area contributed by atoms with Gasteiger partial charge in [-0.2, -0.15) is 0 Å². The van der Waals surface area contributed by atoms with Crippen molar-refractivity contribution in [3.63, 3.8) is 0 Å². The van der Waals surface area contributed by atoms with Crippen molar-refractivity contribution in [2.24, 2.45) is 5.92 Å². The lowest BCUT2D eigenvalue weighted by atomic mass is 10.1. The number of thioether (sulfide) groups is 1. The van der Waals surface area contributed by atoms with Gasteiger partial charge in [-0.3, -0.25) is 4.90 Å². The molecule has 6 heteroatoms. The second-order valence-electron chi connectivity index (χ2n) is 5.32. The van der Waals surface area contributed by atoms with Gasteiger partial charge in [-0.05, 0) is 26.2 Å². The first-order valence-corrected chi connectivity index (χ1v) is 7.40. The van der Waals surface area contributed by atoms with Crippen molar-refractivity contribution in [3.05, 3.63) is 0 Å². The molecule has 0 bridgehead atoms. The third kappa shape index (κ3) is 2.30. The number of carboxylic acid groups (broad SMARTS) is 1. The molecule has 0 saturated carbocycles. The van der Waals surface area contributed by atoms with Crippen molar-refractivity contribution < 1.29 is 14.7 Å². The van der Waals surface area contributed by atoms with Crippen LogP contribution < -0.4 is 0 Å². The Morgan fingerprint density at radius 1 is 1.28 bits per heavy atom. The number of rotatable bonds is 1. The number of amides is 2. The van der Waals surface area contributed by atoms with Gasteiger partial charge in [-0.15, -0.1) is 11.8 Å². The number of hydrogen-bond acceptors (Lipinski definition) is 3. The van der Waals surface area contributed by atoms with E-state index in [1.165, 1.54) is 16.7 Å². The largest absolute Gasteiger partial charge is 0.480 e. The minimum absolute atomic E-state index is 0.0540. The van der Waals surface area contributed by atoms with Crippen molar-refractivity contribution in [3.8, 4) is 0 Å². The molecule has 2 fully saturated rings. The number of nitrogens with zero attached hydrogens (tertiary/aromatic N) is 2. The molecule has 1 N–H and O–H groups in total. The highest BCUT2D eigenvalue weighted by Crippen LogP contribution is 2.32. The van der Waals surface area contributed by atoms with Crippen LogP contribution in [0.15, 0.2) is 0 Å². The maximum absolute atomic E-state index is 12.5. The van der Waals surface area contributed by atoms with Gasteiger partial charge in [0.2, 0.25) is 0 Å². The quantitative estimate of drug-likeness (QED) is 0.789. The number of carboxylic acids is 1. The van der Waals surface area contributed by atoms with E-state index in [1.54, 1.807) is 0 Å². The summed E-state index contributed by atoms with van der Waals surface area (Å²) in [5.41, 5.74) is 0. The average Bonchev–Trinajstić information content (AvgIpc) is 2.81. The van der Waals surface area contributed by atoms with E-state index in [0.29, 0.717) is 11.7 Å². The van der Waals surface area contributed by atoms with Crippen LogP contribution in [0, 0.1) is 5.92 Å². The Morgan fingerprint density at radius 2 is 1.94 bits per heavy atom. The van der Waals surface area contributed by atoms with E-state index in [4.69, 9.17) is 0 Å². The molecule has 2 aliphatic heterocycles. The van der Waals surface area contributed by atoms with Crippen molar-refractivity contribution in [2.45, 2.75) is 44.6 Å². The van der Waals surface area contributed by atoms with Crippen LogP contribution in [0.3, 0.4) is 0 Å². The van der Waals surface area contributed by atoms with Crippen LogP contribution in [0.2, 0.25) is 0 Å². The number of carbonyl (C=O) groups is 2. The van der Waals surface area contributed by atoms with Gasteiger partial charge in [-0.1, -0.05) is 6.92 Å². The van der Waals surface area contributed by atoms with E-state index < -0.39 is 12.0 Å². The minimum atomic E-state index is -0.903. The second-order valence-corrected chi connectivity index (χ2v) is 6.67. The molecular formula is C12H20N2O3S. The average molecular weight is 272 g/mol. The van der Waals surface area contributed by atoms with Crippen LogP contribution >= 0.6 is 11.8 Å². The topological polar surface area (TPSA) is 60.9 Å². The smallest absolute Gasteiger partial charge is 0.327 e. The van der Waals surface area contributed by atoms with Crippen LogP contribution in [0.4, 0.5) is 4.79 Å². The predicted octanol–water partition coefficient (Wildman–Crippen LogP) is 1.68. The van der Waals surface area contributed by atoms with Gasteiger partial charge in [0.05, 0.1) is 5.37 Å². The normalized spacial score (nSPS) is 36.2. The molecule has 0 aromatic heterocycles. The van der Waals surface area contributed by atoms with Crippen molar-refractivity contribution >= 4 is 23.8 Å². The monoisotopic (exact) mass is 272 g/mol. The van der Waals surface area contributed by atoms with Gasteiger partial charge >= 0.3 is 12.0 Å². The van der Waals surface area contributed by atoms with Crippen LogP contribution in [0.25, 0.3) is 0 Å². The Bertz CT molecular complexity index is 363. The Labute approximate surface area is 112 Å². The summed E-state index contributed by atoms with van der Waals surface area (Å²) in [4.78, 5) is 27.1. The minimum Gasteiger partial charge on any atom is -0.480 e. The van der Waals surface area contributed by atoms with Gasteiger partial charge in [0, 0.05) is 18.3 Å². The summed E-state index contributed by atoms with van der Waals surface area (Å²) in [6.07, 6.45) is 0.999. The zero-order valence-electron chi connectivity index (χ0n) is 11.0. The van der Waals surface area contributed by atoms with Gasteiger partial charge in [0.1, 0.15) is 6.04 Å². The first kappa shape index (κ1) is 13.5. The zero-order valence-corrected chi connectivity index (χ0v) is 11.8. The molecule has 2 aliphatic rings. The third-order valence-corrected chi connectivity index (χ3v) is 4.98. The number of hydrogen-bond donors (Lipinski definition) is 1. The summed E-state index contributed by atoms with van der Waals surface area (Å²) >= 11 is 1.53. The Balaban J connectivity index is 2.14. The zero-order chi connectivity index (χ0) is 13.4. The highest BCUT2D eigenvalue weighted by Gasteiger charge is 2.43. The van der Waals surface area contributed by atoms with Crippen LogP contribution in [-0.2, 0) is 4.79 Å². The van der Waals surface area contributed by atoms with Crippen LogP contribution in [-0.4, -0.2) is 56.7 Å². The number of aliphatic carboxylic acids is 1. The molecule has 0 aliphatic carbocycles. The molecule has 0 spiro atoms. The molecule has 4 unspecified atom stereocenters. The molecule has 18 heavy (non-hydrogen) atoms. The number of carbonyl (C=O) groups excluding carboxylic acids is 1. The summed E-state index contributed by atoms with van der Waals surface area (Å²) in [6, 6.07) is -0.586. The SMILES string of the molecule is CC1CC(C)N(C(=O)N2C(C)SCC2C(=O)O)C1. The van der Waals surface area contributed by atoms with Crippen molar-refractivity contribution in [2.75, 3.05) is 12.3 Å². The highest BCUT2D eigenvalue weighted by atomic mass is 32.2. The van der Waals surface area contributed by atoms with Crippen molar-refractivity contribution in [1.82, 2.24) is 9.80 Å². The fourth-order valence-corrected chi connectivity index (χ4v) is 4.00. The predicted molar refractivity (Wildman–Crippen MR) is 70.5 cm³/mol. The molecule has 0 aromatic carbocycles. The molecule has 102 valence electrons. The standard InChI is InChI=1S/C12H20N2O3S/c1-7-4-8(2)13(5-7)12(17)14-9(3)18-6-10(14)11(15)16/h7-10H,4-6H2,1-3H3,(H,15,16). The summed E-state index contributed by atoms with van der Waals surface area (Å²) in [7, 11) is 0. The molecule has 5 nitrogen and oxygen atoms in total. The van der Waals surface area contributed by atoms with Crippen molar-refractivity contribution in [1.29, 1.82) is 0 Å². The molecule has 2 saturated heterocycles. The van der Waals surface area contributed by atoms with E-state index in [0.717, 1.165) is 13.0 Å². The summed E-state index contributed by atoms with van der Waals surface area (Å²) in [5, 5.41) is 9.13. The Morgan fingerprint density at radius 3 is 2.44 bits per heavy atom. The van der Waals surface area contributed by atoms with Gasteiger partial charge in [0.25, 0.3) is 0 Å². The van der Waals surface area contributed by atoms with Gasteiger partial charge in [0.15, 0.2) is 0 Å². The number of urea groups is 1. The van der Waals surface area contributed by atoms with Gasteiger partial charge < -0.3 is 10.0 Å². The van der Waals surface area contributed by atoms with E-state index in [-0.39, 0.29) is 17.4 Å². The Hall–Kier alpha value is -0.910. The molecule has 0 aromatic rings. The fraction of sp³-hybridized carbons (Fsp3) is 0.833. The molecular weight excluding hydrogens is 252 g/mol. The maximum Gasteiger partial charge on any atom is 0.327 e. The van der Waals surface area contributed by atoms with Gasteiger partial charge in [-0.25, -0.2) is 9.59 Å². The first-order valence-electron chi connectivity index (χ1n) is 6.35. The lowest BCUT2D eigenvalue weighted by Gasteiger charge is -2.32. The molecule has 2 heterocycles. The fourth-order valence-electron chi connectivity index (χ4n) is 2.84. The summed E-state index contributed by atoms with van der Waals surface area (Å²) in [6.45, 7) is 6.79. The maximum atomic E-state index is 12.5. The second kappa shape index (κ2) is 4.99. The van der Waals surface area contributed by atoms with Crippen LogP contribution in [0.5, 0.6) is 0 Å².